The molecule has 106 valence electrons. The van der Waals surface area contributed by atoms with Crippen LogP contribution in [-0.4, -0.2) is 0 Å². The van der Waals surface area contributed by atoms with Crippen LogP contribution < -0.4 is 5.73 Å². The fourth-order valence-electron chi connectivity index (χ4n) is 3.31. The van der Waals surface area contributed by atoms with E-state index in [0.717, 1.165) is 42.7 Å². The maximum Gasteiger partial charge on any atom is 0.123 e. The second kappa shape index (κ2) is 4.90. The number of hydrogen-bond acceptors (Lipinski definition) is 1. The van der Waals surface area contributed by atoms with E-state index in [0.29, 0.717) is 5.41 Å². The third kappa shape index (κ3) is 3.17. The molecule has 1 saturated carbocycles. The molecule has 1 aromatic rings. The first-order chi connectivity index (χ1) is 8.71. The zero-order valence-corrected chi connectivity index (χ0v) is 12.6. The minimum absolute atomic E-state index is 0.169. The molecule has 0 unspecified atom stereocenters. The Morgan fingerprint density at radius 1 is 1.16 bits per heavy atom. The molecule has 2 rings (SSSR count). The van der Waals surface area contributed by atoms with Crippen LogP contribution in [0.4, 0.5) is 4.39 Å². The first-order valence-corrected chi connectivity index (χ1v) is 7.27. The van der Waals surface area contributed by atoms with E-state index in [-0.39, 0.29) is 11.4 Å². The lowest BCUT2D eigenvalue weighted by atomic mass is 9.66. The van der Waals surface area contributed by atoms with Crippen molar-refractivity contribution in [1.82, 2.24) is 0 Å². The van der Waals surface area contributed by atoms with Crippen molar-refractivity contribution in [1.29, 1.82) is 0 Å². The second-order valence-electron chi connectivity index (χ2n) is 7.31. The van der Waals surface area contributed by atoms with Crippen LogP contribution in [-0.2, 0) is 5.54 Å². The number of benzene rings is 1. The molecule has 2 heteroatoms. The van der Waals surface area contributed by atoms with Crippen molar-refractivity contribution < 1.29 is 4.39 Å². The van der Waals surface area contributed by atoms with E-state index in [1.807, 2.05) is 13.0 Å². The van der Waals surface area contributed by atoms with Crippen LogP contribution in [0.5, 0.6) is 0 Å². The van der Waals surface area contributed by atoms with Crippen molar-refractivity contribution in [3.05, 3.63) is 35.1 Å². The fourth-order valence-corrected chi connectivity index (χ4v) is 3.31. The molecule has 0 heterocycles. The van der Waals surface area contributed by atoms with Crippen LogP contribution in [0.1, 0.15) is 57.6 Å². The van der Waals surface area contributed by atoms with Gasteiger partial charge in [-0.1, -0.05) is 26.8 Å². The summed E-state index contributed by atoms with van der Waals surface area (Å²) < 4.78 is 13.6. The van der Waals surface area contributed by atoms with Gasteiger partial charge in [-0.3, -0.25) is 0 Å². The van der Waals surface area contributed by atoms with E-state index in [2.05, 4.69) is 20.8 Å². The van der Waals surface area contributed by atoms with Gasteiger partial charge in [0.1, 0.15) is 5.82 Å². The van der Waals surface area contributed by atoms with E-state index in [1.54, 1.807) is 12.1 Å². The van der Waals surface area contributed by atoms with Crippen molar-refractivity contribution in [2.24, 2.45) is 17.1 Å². The molecule has 0 spiro atoms. The largest absolute Gasteiger partial charge is 0.321 e. The Morgan fingerprint density at radius 2 is 1.74 bits per heavy atom. The number of aryl methyl sites for hydroxylation is 1. The van der Waals surface area contributed by atoms with Gasteiger partial charge in [0.2, 0.25) is 0 Å². The molecule has 19 heavy (non-hydrogen) atoms. The molecule has 0 atom stereocenters. The van der Waals surface area contributed by atoms with Crippen molar-refractivity contribution in [3.8, 4) is 0 Å². The lowest BCUT2D eigenvalue weighted by Crippen LogP contribution is -2.42. The molecule has 1 fully saturated rings. The summed E-state index contributed by atoms with van der Waals surface area (Å²) in [5, 5.41) is 0. The highest BCUT2D eigenvalue weighted by Crippen LogP contribution is 2.44. The Kier molecular flexibility index (Phi) is 3.74. The number of nitrogens with two attached hydrogens (primary N) is 1. The Balaban J connectivity index is 2.18. The first-order valence-electron chi connectivity index (χ1n) is 7.27. The van der Waals surface area contributed by atoms with Gasteiger partial charge in [-0.2, -0.15) is 0 Å². The van der Waals surface area contributed by atoms with Gasteiger partial charge in [0.15, 0.2) is 0 Å². The molecule has 0 amide bonds. The third-order valence-corrected chi connectivity index (χ3v) is 4.72. The third-order valence-electron chi connectivity index (χ3n) is 4.72. The highest BCUT2D eigenvalue weighted by molar-refractivity contribution is 5.30. The summed E-state index contributed by atoms with van der Waals surface area (Å²) in [7, 11) is 0. The maximum absolute atomic E-state index is 13.6. The highest BCUT2D eigenvalue weighted by atomic mass is 19.1. The molecule has 0 aliphatic heterocycles. The predicted molar refractivity (Wildman–Crippen MR) is 78.4 cm³/mol. The molecular formula is C17H26FN. The van der Waals surface area contributed by atoms with E-state index in [9.17, 15) is 4.39 Å². The lowest BCUT2D eigenvalue weighted by molar-refractivity contribution is 0.134. The molecule has 0 saturated heterocycles. The zero-order valence-electron chi connectivity index (χ0n) is 12.6. The van der Waals surface area contributed by atoms with Crippen LogP contribution in [0.2, 0.25) is 0 Å². The van der Waals surface area contributed by atoms with Crippen molar-refractivity contribution in [3.63, 3.8) is 0 Å². The second-order valence-corrected chi connectivity index (χ2v) is 7.31. The molecule has 0 aromatic heterocycles. The smallest absolute Gasteiger partial charge is 0.123 e. The first kappa shape index (κ1) is 14.5. The maximum atomic E-state index is 13.6. The van der Waals surface area contributed by atoms with E-state index in [1.165, 1.54) is 0 Å². The van der Waals surface area contributed by atoms with Gasteiger partial charge in [0.05, 0.1) is 0 Å². The molecule has 2 N–H and O–H groups in total. The van der Waals surface area contributed by atoms with Gasteiger partial charge in [0.25, 0.3) is 0 Å². The Bertz CT molecular complexity index is 431. The topological polar surface area (TPSA) is 26.0 Å². The van der Waals surface area contributed by atoms with Crippen LogP contribution in [0.15, 0.2) is 18.2 Å². The Hall–Kier alpha value is -0.890. The summed E-state index contributed by atoms with van der Waals surface area (Å²) in [6.45, 7) is 8.82. The highest BCUT2D eigenvalue weighted by Gasteiger charge is 2.37. The molecule has 0 bridgehead atoms. The molecule has 1 aromatic carbocycles. The molecular weight excluding hydrogens is 237 g/mol. The van der Waals surface area contributed by atoms with Gasteiger partial charge in [-0.25, -0.2) is 4.39 Å². The SMILES string of the molecule is Cc1cc(F)cc(C2(N)CCC(C(C)(C)C)CC2)c1. The summed E-state index contributed by atoms with van der Waals surface area (Å²) in [6, 6.07) is 5.22. The van der Waals surface area contributed by atoms with Crippen LogP contribution >= 0.6 is 0 Å². The lowest BCUT2D eigenvalue weighted by Gasteiger charge is -2.42. The quantitative estimate of drug-likeness (QED) is 0.791. The summed E-state index contributed by atoms with van der Waals surface area (Å²) in [4.78, 5) is 0. The average Bonchev–Trinajstić information content (AvgIpc) is 2.27. The van der Waals surface area contributed by atoms with Crippen molar-refractivity contribution >= 4 is 0 Å². The fraction of sp³-hybridized carbons (Fsp3) is 0.647. The molecule has 1 nitrogen and oxygen atoms in total. The van der Waals surface area contributed by atoms with Crippen LogP contribution in [0, 0.1) is 24.1 Å². The van der Waals surface area contributed by atoms with Gasteiger partial charge >= 0.3 is 0 Å². The molecule has 1 aliphatic carbocycles. The standard InChI is InChI=1S/C17H26FN/c1-12-9-14(11-15(18)10-12)17(19)7-5-13(6-8-17)16(2,3)4/h9-11,13H,5-8,19H2,1-4H3. The average molecular weight is 263 g/mol. The van der Waals surface area contributed by atoms with Gasteiger partial charge in [-0.15, -0.1) is 0 Å². The summed E-state index contributed by atoms with van der Waals surface area (Å²) >= 11 is 0. The minimum atomic E-state index is -0.339. The van der Waals surface area contributed by atoms with Crippen molar-refractivity contribution in [2.45, 2.75) is 58.9 Å². The number of halogens is 1. The normalized spacial score (nSPS) is 28.4. The van der Waals surface area contributed by atoms with Crippen LogP contribution in [0.25, 0.3) is 0 Å². The number of hydrogen-bond donors (Lipinski definition) is 1. The van der Waals surface area contributed by atoms with Crippen molar-refractivity contribution in [2.75, 3.05) is 0 Å². The number of rotatable bonds is 1. The monoisotopic (exact) mass is 263 g/mol. The summed E-state index contributed by atoms with van der Waals surface area (Å²) in [5.74, 6) is 0.552. The van der Waals surface area contributed by atoms with Crippen LogP contribution in [0.3, 0.4) is 0 Å². The van der Waals surface area contributed by atoms with E-state index >= 15 is 0 Å². The minimum Gasteiger partial charge on any atom is -0.321 e. The van der Waals surface area contributed by atoms with E-state index in [4.69, 9.17) is 5.73 Å². The molecule has 0 radical (unpaired) electrons. The van der Waals surface area contributed by atoms with Gasteiger partial charge < -0.3 is 5.73 Å². The van der Waals surface area contributed by atoms with Gasteiger partial charge in [-0.05, 0) is 67.2 Å². The Morgan fingerprint density at radius 3 is 2.21 bits per heavy atom. The predicted octanol–water partition coefficient (Wildman–Crippen LogP) is 4.52. The van der Waals surface area contributed by atoms with E-state index < -0.39 is 0 Å². The van der Waals surface area contributed by atoms with Gasteiger partial charge in [0, 0.05) is 5.54 Å². The summed E-state index contributed by atoms with van der Waals surface area (Å²) in [6.07, 6.45) is 4.18. The summed E-state index contributed by atoms with van der Waals surface area (Å²) in [5.41, 5.74) is 8.49. The molecule has 1 aliphatic rings. The zero-order chi connectivity index (χ0) is 14.3. The Labute approximate surface area is 116 Å².